The molecule has 1 saturated carbocycles. The van der Waals surface area contributed by atoms with Crippen LogP contribution in [0.2, 0.25) is 0 Å². The lowest BCUT2D eigenvalue weighted by Crippen LogP contribution is -2.05. The zero-order chi connectivity index (χ0) is 8.39. The largest absolute Gasteiger partial charge is 0.396 e. The highest BCUT2D eigenvalue weighted by Crippen LogP contribution is 2.39. The zero-order valence-corrected chi connectivity index (χ0v) is 7.11. The molecule has 2 rings (SSSR count). The topological polar surface area (TPSA) is 38.0 Å². The Morgan fingerprint density at radius 2 is 2.42 bits per heavy atom. The van der Waals surface area contributed by atoms with Crippen LogP contribution in [0.1, 0.15) is 30.9 Å². The van der Waals surface area contributed by atoms with Crippen molar-refractivity contribution in [2.75, 3.05) is 6.61 Å². The molecule has 1 aromatic heterocycles. The minimum absolute atomic E-state index is 0.254. The molecular formula is C9H14N2O. The Hall–Kier alpha value is -0.830. The quantitative estimate of drug-likeness (QED) is 0.728. The highest BCUT2D eigenvalue weighted by Gasteiger charge is 2.26. The van der Waals surface area contributed by atoms with Gasteiger partial charge in [-0.1, -0.05) is 0 Å². The van der Waals surface area contributed by atoms with Crippen molar-refractivity contribution in [2.24, 2.45) is 0 Å². The number of nitrogens with zero attached hydrogens (tertiary/aromatic N) is 2. The van der Waals surface area contributed by atoms with Crippen LogP contribution < -0.4 is 0 Å². The summed E-state index contributed by atoms with van der Waals surface area (Å²) in [7, 11) is 0. The summed E-state index contributed by atoms with van der Waals surface area (Å²) < 4.78 is 2.02. The van der Waals surface area contributed by atoms with Gasteiger partial charge in [-0.2, -0.15) is 5.10 Å². The molecule has 0 amide bonds. The van der Waals surface area contributed by atoms with Gasteiger partial charge in [-0.25, -0.2) is 0 Å². The van der Waals surface area contributed by atoms with Crippen LogP contribution in [-0.4, -0.2) is 21.5 Å². The third-order valence-corrected chi connectivity index (χ3v) is 2.27. The van der Waals surface area contributed by atoms with Crippen molar-refractivity contribution in [3.63, 3.8) is 0 Å². The van der Waals surface area contributed by atoms with E-state index in [0.29, 0.717) is 0 Å². The van der Waals surface area contributed by atoms with Crippen molar-refractivity contribution in [1.82, 2.24) is 9.78 Å². The molecule has 66 valence electrons. The fraction of sp³-hybridized carbons (Fsp3) is 0.667. The first-order valence-electron chi connectivity index (χ1n) is 4.54. The van der Waals surface area contributed by atoms with Crippen LogP contribution in [0.25, 0.3) is 0 Å². The normalized spacial score (nSPS) is 16.8. The first-order chi connectivity index (χ1) is 5.92. The van der Waals surface area contributed by atoms with Crippen molar-refractivity contribution < 1.29 is 5.11 Å². The van der Waals surface area contributed by atoms with E-state index in [1.807, 2.05) is 10.9 Å². The van der Waals surface area contributed by atoms with Crippen LogP contribution >= 0.6 is 0 Å². The third-order valence-electron chi connectivity index (χ3n) is 2.27. The van der Waals surface area contributed by atoms with E-state index in [1.54, 1.807) is 0 Å². The van der Waals surface area contributed by atoms with Crippen LogP contribution in [0.15, 0.2) is 12.3 Å². The lowest BCUT2D eigenvalue weighted by Gasteiger charge is -2.04. The average Bonchev–Trinajstić information content (AvgIpc) is 2.83. The van der Waals surface area contributed by atoms with Crippen molar-refractivity contribution in [3.8, 4) is 0 Å². The molecule has 0 aromatic carbocycles. The maximum Gasteiger partial charge on any atom is 0.0492 e. The Kier molecular flexibility index (Phi) is 2.13. The molecule has 1 aliphatic carbocycles. The Morgan fingerprint density at radius 3 is 3.08 bits per heavy atom. The van der Waals surface area contributed by atoms with E-state index in [-0.39, 0.29) is 6.61 Å². The van der Waals surface area contributed by atoms with E-state index in [4.69, 9.17) is 5.11 Å². The first kappa shape index (κ1) is 7.80. The molecule has 1 heterocycles. The van der Waals surface area contributed by atoms with E-state index in [1.165, 1.54) is 18.5 Å². The van der Waals surface area contributed by atoms with E-state index in [9.17, 15) is 0 Å². The highest BCUT2D eigenvalue weighted by molar-refractivity contribution is 5.13. The number of aliphatic hydroxyl groups excluding tert-OH is 1. The molecule has 3 heteroatoms. The van der Waals surface area contributed by atoms with Gasteiger partial charge in [0.2, 0.25) is 0 Å². The summed E-state index contributed by atoms with van der Waals surface area (Å²) in [5, 5.41) is 12.9. The molecule has 3 nitrogen and oxygen atoms in total. The number of rotatable bonds is 4. The van der Waals surface area contributed by atoms with Crippen molar-refractivity contribution in [1.29, 1.82) is 0 Å². The van der Waals surface area contributed by atoms with Gasteiger partial charge in [0, 0.05) is 31.0 Å². The third kappa shape index (κ3) is 1.50. The van der Waals surface area contributed by atoms with Crippen LogP contribution in [0, 0.1) is 0 Å². The molecule has 12 heavy (non-hydrogen) atoms. The van der Waals surface area contributed by atoms with Crippen LogP contribution in [0.4, 0.5) is 0 Å². The lowest BCUT2D eigenvalue weighted by molar-refractivity contribution is 0.276. The monoisotopic (exact) mass is 166 g/mol. The molecule has 1 N–H and O–H groups in total. The van der Waals surface area contributed by atoms with E-state index in [2.05, 4.69) is 11.2 Å². The maximum absolute atomic E-state index is 8.67. The fourth-order valence-electron chi connectivity index (χ4n) is 1.48. The SMILES string of the molecule is OCCCn1nccc1C1CC1. The molecule has 0 unspecified atom stereocenters. The number of aliphatic hydroxyl groups is 1. The standard InChI is InChI=1S/C9H14N2O/c12-7-1-6-11-9(4-5-10-11)8-2-3-8/h4-5,8,12H,1-3,6-7H2. The molecule has 0 atom stereocenters. The van der Waals surface area contributed by atoms with Gasteiger partial charge in [-0.3, -0.25) is 4.68 Å². The molecule has 1 fully saturated rings. The summed E-state index contributed by atoms with van der Waals surface area (Å²) in [6.45, 7) is 1.11. The smallest absolute Gasteiger partial charge is 0.0492 e. The molecule has 0 aliphatic heterocycles. The average molecular weight is 166 g/mol. The Labute approximate surface area is 72.0 Å². The van der Waals surface area contributed by atoms with Gasteiger partial charge < -0.3 is 5.11 Å². The van der Waals surface area contributed by atoms with Gasteiger partial charge in [-0.05, 0) is 25.3 Å². The van der Waals surface area contributed by atoms with Gasteiger partial charge in [-0.15, -0.1) is 0 Å². The predicted octanol–water partition coefficient (Wildman–Crippen LogP) is 1.14. The molecular weight excluding hydrogens is 152 g/mol. The second kappa shape index (κ2) is 3.27. The van der Waals surface area contributed by atoms with E-state index in [0.717, 1.165) is 18.9 Å². The summed E-state index contributed by atoms with van der Waals surface area (Å²) in [5.41, 5.74) is 1.35. The van der Waals surface area contributed by atoms with E-state index >= 15 is 0 Å². The summed E-state index contributed by atoms with van der Waals surface area (Å²) in [4.78, 5) is 0. The molecule has 1 aromatic rings. The van der Waals surface area contributed by atoms with Gasteiger partial charge in [0.05, 0.1) is 0 Å². The van der Waals surface area contributed by atoms with Gasteiger partial charge in [0.1, 0.15) is 0 Å². The highest BCUT2D eigenvalue weighted by atomic mass is 16.3. The van der Waals surface area contributed by atoms with Crippen LogP contribution in [0.5, 0.6) is 0 Å². The van der Waals surface area contributed by atoms with Gasteiger partial charge >= 0.3 is 0 Å². The Bertz CT molecular complexity index is 253. The van der Waals surface area contributed by atoms with Crippen molar-refractivity contribution in [3.05, 3.63) is 18.0 Å². The van der Waals surface area contributed by atoms with Crippen molar-refractivity contribution >= 4 is 0 Å². The zero-order valence-electron chi connectivity index (χ0n) is 7.11. The molecule has 0 radical (unpaired) electrons. The molecule has 0 bridgehead atoms. The Morgan fingerprint density at radius 1 is 1.58 bits per heavy atom. The van der Waals surface area contributed by atoms with Gasteiger partial charge in [0.15, 0.2) is 0 Å². The minimum Gasteiger partial charge on any atom is -0.396 e. The van der Waals surface area contributed by atoms with E-state index < -0.39 is 0 Å². The maximum atomic E-state index is 8.67. The predicted molar refractivity (Wildman–Crippen MR) is 45.9 cm³/mol. The number of aromatic nitrogens is 2. The summed E-state index contributed by atoms with van der Waals surface area (Å²) >= 11 is 0. The second-order valence-corrected chi connectivity index (χ2v) is 3.33. The minimum atomic E-state index is 0.254. The van der Waals surface area contributed by atoms with Crippen LogP contribution in [0.3, 0.4) is 0 Å². The second-order valence-electron chi connectivity index (χ2n) is 3.33. The number of aryl methyl sites for hydroxylation is 1. The lowest BCUT2D eigenvalue weighted by atomic mass is 10.3. The van der Waals surface area contributed by atoms with Crippen LogP contribution in [-0.2, 0) is 6.54 Å². The first-order valence-corrected chi connectivity index (χ1v) is 4.54. The molecule has 0 saturated heterocycles. The summed E-state index contributed by atoms with van der Waals surface area (Å²) in [6, 6.07) is 2.09. The molecule has 1 aliphatic rings. The number of hydrogen-bond donors (Lipinski definition) is 1. The van der Waals surface area contributed by atoms with Crippen molar-refractivity contribution in [2.45, 2.75) is 31.7 Å². The molecule has 0 spiro atoms. The van der Waals surface area contributed by atoms with Gasteiger partial charge in [0.25, 0.3) is 0 Å². The fourth-order valence-corrected chi connectivity index (χ4v) is 1.48. The summed E-state index contributed by atoms with van der Waals surface area (Å²) in [5.74, 6) is 0.756. The summed E-state index contributed by atoms with van der Waals surface area (Å²) in [6.07, 6.45) is 5.28. The Balaban J connectivity index is 2.03. The number of hydrogen-bond acceptors (Lipinski definition) is 2.